The molecule has 82 valence electrons. The smallest absolute Gasteiger partial charge is 0.236 e. The van der Waals surface area contributed by atoms with E-state index in [4.69, 9.17) is 10.6 Å². The van der Waals surface area contributed by atoms with Gasteiger partial charge in [0.15, 0.2) is 0 Å². The molecule has 2 N–H and O–H groups in total. The molecular formula is C11H16N2O2. The van der Waals surface area contributed by atoms with E-state index in [1.807, 2.05) is 24.3 Å². The maximum Gasteiger partial charge on any atom is 0.236 e. The summed E-state index contributed by atoms with van der Waals surface area (Å²) in [4.78, 5) is 11.2. The number of carbonyl (C=O) groups is 1. The molecule has 0 saturated heterocycles. The minimum atomic E-state index is -0.0641. The highest BCUT2D eigenvalue weighted by Crippen LogP contribution is 2.12. The van der Waals surface area contributed by atoms with Crippen molar-refractivity contribution in [1.82, 2.24) is 5.01 Å². The molecule has 0 aliphatic rings. The third-order valence-corrected chi connectivity index (χ3v) is 2.18. The van der Waals surface area contributed by atoms with E-state index in [0.717, 1.165) is 16.3 Å². The van der Waals surface area contributed by atoms with Gasteiger partial charge in [0.1, 0.15) is 5.75 Å². The lowest BCUT2D eigenvalue weighted by Gasteiger charge is -2.09. The Labute approximate surface area is 89.6 Å². The molecule has 1 rings (SSSR count). The average molecular weight is 208 g/mol. The second-order valence-corrected chi connectivity index (χ2v) is 3.35. The first kappa shape index (κ1) is 11.5. The second kappa shape index (κ2) is 5.36. The number of nitrogens with zero attached hydrogens (tertiary/aromatic N) is 1. The summed E-state index contributed by atoms with van der Waals surface area (Å²) in [5.74, 6) is 6.07. The fourth-order valence-corrected chi connectivity index (χ4v) is 1.22. The molecule has 1 aromatic carbocycles. The van der Waals surface area contributed by atoms with Crippen LogP contribution < -0.4 is 10.6 Å². The summed E-state index contributed by atoms with van der Waals surface area (Å²) in [6.45, 7) is 0. The summed E-state index contributed by atoms with van der Waals surface area (Å²) in [5.41, 5.74) is 1.10. The standard InChI is InChI=1S/C11H16N2O2/c1-13(12)11(14)8-5-9-3-6-10(15-2)7-4-9/h3-4,6-7H,5,8,12H2,1-2H3. The first-order valence-electron chi connectivity index (χ1n) is 4.77. The van der Waals surface area contributed by atoms with Gasteiger partial charge in [-0.3, -0.25) is 9.80 Å². The molecular weight excluding hydrogens is 192 g/mol. The number of aryl methyl sites for hydroxylation is 1. The molecule has 4 heteroatoms. The molecule has 0 atom stereocenters. The van der Waals surface area contributed by atoms with Crippen molar-refractivity contribution >= 4 is 5.91 Å². The Morgan fingerprint density at radius 2 is 2.00 bits per heavy atom. The van der Waals surface area contributed by atoms with Crippen LogP contribution in [0, 0.1) is 0 Å². The predicted octanol–water partition coefficient (Wildman–Crippen LogP) is 0.960. The third-order valence-electron chi connectivity index (χ3n) is 2.18. The number of methoxy groups -OCH3 is 1. The van der Waals surface area contributed by atoms with E-state index in [9.17, 15) is 4.79 Å². The van der Waals surface area contributed by atoms with Crippen LogP contribution in [0.4, 0.5) is 0 Å². The van der Waals surface area contributed by atoms with Crippen LogP contribution in [-0.4, -0.2) is 25.1 Å². The molecule has 0 radical (unpaired) electrons. The van der Waals surface area contributed by atoms with Gasteiger partial charge in [-0.2, -0.15) is 0 Å². The molecule has 0 bridgehead atoms. The topological polar surface area (TPSA) is 55.6 Å². The Balaban J connectivity index is 2.47. The number of rotatable bonds is 4. The number of carbonyl (C=O) groups excluding carboxylic acids is 1. The van der Waals surface area contributed by atoms with Crippen molar-refractivity contribution in [3.8, 4) is 5.75 Å². The molecule has 0 saturated carbocycles. The van der Waals surface area contributed by atoms with Crippen LogP contribution in [0.3, 0.4) is 0 Å². The van der Waals surface area contributed by atoms with Crippen molar-refractivity contribution < 1.29 is 9.53 Å². The molecule has 1 amide bonds. The van der Waals surface area contributed by atoms with Gasteiger partial charge in [0.25, 0.3) is 0 Å². The number of hydrazine groups is 1. The molecule has 0 aliphatic heterocycles. The van der Waals surface area contributed by atoms with Crippen LogP contribution in [0.2, 0.25) is 0 Å². The summed E-state index contributed by atoms with van der Waals surface area (Å²) in [5, 5.41) is 1.11. The summed E-state index contributed by atoms with van der Waals surface area (Å²) < 4.78 is 5.04. The highest BCUT2D eigenvalue weighted by Gasteiger charge is 2.04. The SMILES string of the molecule is COc1ccc(CCC(=O)N(C)N)cc1. The number of benzene rings is 1. The first-order chi connectivity index (χ1) is 7.13. The van der Waals surface area contributed by atoms with Crippen LogP contribution in [0.25, 0.3) is 0 Å². The zero-order chi connectivity index (χ0) is 11.3. The lowest BCUT2D eigenvalue weighted by Crippen LogP contribution is -2.33. The van der Waals surface area contributed by atoms with Gasteiger partial charge < -0.3 is 4.74 Å². The Hall–Kier alpha value is -1.55. The highest BCUT2D eigenvalue weighted by atomic mass is 16.5. The maximum absolute atomic E-state index is 11.2. The van der Waals surface area contributed by atoms with Crippen LogP contribution in [-0.2, 0) is 11.2 Å². The van der Waals surface area contributed by atoms with Gasteiger partial charge in [-0.15, -0.1) is 0 Å². The first-order valence-corrected chi connectivity index (χ1v) is 4.77. The van der Waals surface area contributed by atoms with Crippen molar-refractivity contribution in [1.29, 1.82) is 0 Å². The number of hydrogen-bond acceptors (Lipinski definition) is 3. The zero-order valence-corrected chi connectivity index (χ0v) is 9.06. The van der Waals surface area contributed by atoms with Crippen LogP contribution >= 0.6 is 0 Å². The van der Waals surface area contributed by atoms with Crippen molar-refractivity contribution in [3.05, 3.63) is 29.8 Å². The summed E-state index contributed by atoms with van der Waals surface area (Å²) in [6.07, 6.45) is 1.13. The van der Waals surface area contributed by atoms with E-state index >= 15 is 0 Å². The normalized spacial score (nSPS) is 9.80. The summed E-state index contributed by atoms with van der Waals surface area (Å²) >= 11 is 0. The number of ether oxygens (including phenoxy) is 1. The Morgan fingerprint density at radius 3 is 2.47 bits per heavy atom. The maximum atomic E-state index is 11.2. The minimum Gasteiger partial charge on any atom is -0.497 e. The van der Waals surface area contributed by atoms with E-state index in [1.165, 1.54) is 0 Å². The number of nitrogens with two attached hydrogens (primary N) is 1. The summed E-state index contributed by atoms with van der Waals surface area (Å²) in [7, 11) is 3.18. The molecule has 4 nitrogen and oxygen atoms in total. The quantitative estimate of drug-likeness (QED) is 0.455. The van der Waals surface area contributed by atoms with Gasteiger partial charge >= 0.3 is 0 Å². The minimum absolute atomic E-state index is 0.0641. The fourth-order valence-electron chi connectivity index (χ4n) is 1.22. The monoisotopic (exact) mass is 208 g/mol. The van der Waals surface area contributed by atoms with E-state index in [2.05, 4.69) is 0 Å². The molecule has 15 heavy (non-hydrogen) atoms. The Morgan fingerprint density at radius 1 is 1.40 bits per heavy atom. The zero-order valence-electron chi connectivity index (χ0n) is 9.06. The van der Waals surface area contributed by atoms with E-state index < -0.39 is 0 Å². The van der Waals surface area contributed by atoms with Crippen molar-refractivity contribution in [3.63, 3.8) is 0 Å². The predicted molar refractivity (Wildman–Crippen MR) is 58.3 cm³/mol. The lowest BCUT2D eigenvalue weighted by molar-refractivity contribution is -0.130. The van der Waals surface area contributed by atoms with Crippen molar-refractivity contribution in [2.75, 3.05) is 14.2 Å². The Kier molecular flexibility index (Phi) is 4.12. The average Bonchev–Trinajstić information content (AvgIpc) is 2.26. The fraction of sp³-hybridized carbons (Fsp3) is 0.364. The van der Waals surface area contributed by atoms with Crippen molar-refractivity contribution in [2.45, 2.75) is 12.8 Å². The molecule has 0 aromatic heterocycles. The molecule has 0 unspecified atom stereocenters. The van der Waals surface area contributed by atoms with E-state index in [-0.39, 0.29) is 5.91 Å². The lowest BCUT2D eigenvalue weighted by atomic mass is 10.1. The number of hydrogen-bond donors (Lipinski definition) is 1. The Bertz CT molecular complexity index is 320. The van der Waals surface area contributed by atoms with E-state index in [1.54, 1.807) is 14.2 Å². The van der Waals surface area contributed by atoms with Gasteiger partial charge in [-0.05, 0) is 24.1 Å². The number of amides is 1. The molecule has 0 aliphatic carbocycles. The molecule has 0 heterocycles. The van der Waals surface area contributed by atoms with Gasteiger partial charge in [0.2, 0.25) is 5.91 Å². The van der Waals surface area contributed by atoms with E-state index in [0.29, 0.717) is 12.8 Å². The van der Waals surface area contributed by atoms with Gasteiger partial charge in [0, 0.05) is 13.5 Å². The largest absolute Gasteiger partial charge is 0.497 e. The molecule has 1 aromatic rings. The highest BCUT2D eigenvalue weighted by molar-refractivity contribution is 5.75. The van der Waals surface area contributed by atoms with Crippen LogP contribution in [0.1, 0.15) is 12.0 Å². The molecule has 0 fully saturated rings. The summed E-state index contributed by atoms with van der Waals surface area (Å²) in [6, 6.07) is 7.66. The van der Waals surface area contributed by atoms with Crippen molar-refractivity contribution in [2.24, 2.45) is 5.84 Å². The molecule has 0 spiro atoms. The van der Waals surface area contributed by atoms with Crippen LogP contribution in [0.15, 0.2) is 24.3 Å². The second-order valence-electron chi connectivity index (χ2n) is 3.35. The van der Waals surface area contributed by atoms with Gasteiger partial charge in [-0.25, -0.2) is 5.84 Å². The van der Waals surface area contributed by atoms with Crippen LogP contribution in [0.5, 0.6) is 5.75 Å². The van der Waals surface area contributed by atoms with Gasteiger partial charge in [0.05, 0.1) is 7.11 Å². The third kappa shape index (κ3) is 3.59. The van der Waals surface area contributed by atoms with Gasteiger partial charge in [-0.1, -0.05) is 12.1 Å².